The smallest absolute Gasteiger partial charge is 0.260 e. The topological polar surface area (TPSA) is 61.4 Å². The second-order valence-corrected chi connectivity index (χ2v) is 5.75. The van der Waals surface area contributed by atoms with Gasteiger partial charge in [-0.2, -0.15) is 0 Å². The first-order valence-electron chi connectivity index (χ1n) is 7.42. The van der Waals surface area contributed by atoms with Gasteiger partial charge < -0.3 is 15.5 Å². The number of carbonyl (C=O) groups excluding carboxylic acids is 2. The van der Waals surface area contributed by atoms with Crippen LogP contribution in [0, 0.1) is 5.82 Å². The van der Waals surface area contributed by atoms with E-state index >= 15 is 0 Å². The van der Waals surface area contributed by atoms with Crippen molar-refractivity contribution in [3.8, 4) is 0 Å². The summed E-state index contributed by atoms with van der Waals surface area (Å²) in [6.07, 6.45) is 0. The van der Waals surface area contributed by atoms with Crippen molar-refractivity contribution >= 4 is 34.8 Å². The predicted molar refractivity (Wildman–Crippen MR) is 91.0 cm³/mol. The van der Waals surface area contributed by atoms with E-state index in [1.807, 2.05) is 11.0 Å². The third-order valence-corrected chi connectivity index (χ3v) is 4.04. The molecule has 0 spiro atoms. The van der Waals surface area contributed by atoms with Gasteiger partial charge in [-0.05, 0) is 24.3 Å². The molecule has 0 unspecified atom stereocenters. The van der Waals surface area contributed by atoms with Crippen molar-refractivity contribution in [3.05, 3.63) is 58.9 Å². The largest absolute Gasteiger partial charge is 0.359 e. The van der Waals surface area contributed by atoms with Crippen molar-refractivity contribution in [2.45, 2.75) is 0 Å². The van der Waals surface area contributed by atoms with Gasteiger partial charge >= 0.3 is 0 Å². The lowest BCUT2D eigenvalue weighted by Gasteiger charge is -2.30. The number of piperazine rings is 1. The third kappa shape index (κ3) is 3.33. The standard InChI is InChI=1S/C17H15ClFN3O2/c18-11-4-3-5-12(19)16(11)17(24)21-13-6-1-2-7-14(13)22-9-8-20-15(23)10-22/h1-7H,8-10H2,(H,20,23)(H,21,24). The van der Waals surface area contributed by atoms with Gasteiger partial charge in [-0.1, -0.05) is 29.8 Å². The molecule has 0 saturated carbocycles. The molecule has 2 aromatic carbocycles. The zero-order valence-electron chi connectivity index (χ0n) is 12.7. The molecular formula is C17H15ClFN3O2. The van der Waals surface area contributed by atoms with Crippen LogP contribution in [0.25, 0.3) is 0 Å². The maximum atomic E-state index is 13.9. The minimum absolute atomic E-state index is 0.0438. The molecule has 0 atom stereocenters. The van der Waals surface area contributed by atoms with Gasteiger partial charge in [0.1, 0.15) is 5.82 Å². The highest BCUT2D eigenvalue weighted by Gasteiger charge is 2.21. The first kappa shape index (κ1) is 16.3. The van der Waals surface area contributed by atoms with Crippen LogP contribution in [0.2, 0.25) is 5.02 Å². The maximum absolute atomic E-state index is 13.9. The average molecular weight is 348 g/mol. The van der Waals surface area contributed by atoms with Gasteiger partial charge in [0.25, 0.3) is 5.91 Å². The molecule has 1 heterocycles. The van der Waals surface area contributed by atoms with Crippen LogP contribution in [0.3, 0.4) is 0 Å². The van der Waals surface area contributed by atoms with Crippen molar-refractivity contribution in [2.24, 2.45) is 0 Å². The van der Waals surface area contributed by atoms with E-state index in [-0.39, 0.29) is 23.0 Å². The van der Waals surface area contributed by atoms with E-state index in [0.717, 1.165) is 0 Å². The van der Waals surface area contributed by atoms with E-state index in [9.17, 15) is 14.0 Å². The summed E-state index contributed by atoms with van der Waals surface area (Å²) in [6, 6.07) is 11.2. The highest BCUT2D eigenvalue weighted by atomic mass is 35.5. The van der Waals surface area contributed by atoms with Crippen molar-refractivity contribution in [2.75, 3.05) is 29.9 Å². The molecule has 1 saturated heterocycles. The normalized spacial score (nSPS) is 14.2. The zero-order valence-corrected chi connectivity index (χ0v) is 13.4. The SMILES string of the molecule is O=C1CN(c2ccccc2NC(=O)c2c(F)cccc2Cl)CCN1. The second kappa shape index (κ2) is 6.88. The van der Waals surface area contributed by atoms with E-state index in [1.165, 1.54) is 18.2 Å². The van der Waals surface area contributed by atoms with Gasteiger partial charge in [-0.15, -0.1) is 0 Å². The number of halogens is 2. The number of carbonyl (C=O) groups is 2. The van der Waals surface area contributed by atoms with Gasteiger partial charge in [0, 0.05) is 13.1 Å². The van der Waals surface area contributed by atoms with Crippen LogP contribution in [0.15, 0.2) is 42.5 Å². The molecule has 24 heavy (non-hydrogen) atoms. The van der Waals surface area contributed by atoms with Gasteiger partial charge in [0.2, 0.25) is 5.91 Å². The van der Waals surface area contributed by atoms with Gasteiger partial charge in [0.15, 0.2) is 0 Å². The minimum atomic E-state index is -0.685. The van der Waals surface area contributed by atoms with Gasteiger partial charge in [-0.3, -0.25) is 9.59 Å². The fraction of sp³-hybridized carbons (Fsp3) is 0.176. The number of hydrogen-bond acceptors (Lipinski definition) is 3. The molecule has 2 N–H and O–H groups in total. The average Bonchev–Trinajstić information content (AvgIpc) is 2.55. The summed E-state index contributed by atoms with van der Waals surface area (Å²) < 4.78 is 13.9. The van der Waals surface area contributed by atoms with Crippen molar-refractivity contribution in [3.63, 3.8) is 0 Å². The number of benzene rings is 2. The number of anilines is 2. The van der Waals surface area contributed by atoms with E-state index in [2.05, 4.69) is 10.6 Å². The number of nitrogens with one attached hydrogen (secondary N) is 2. The Labute approximate surface area is 143 Å². The molecular weight excluding hydrogens is 333 g/mol. The van der Waals surface area contributed by atoms with Crippen LogP contribution in [0.1, 0.15) is 10.4 Å². The summed E-state index contributed by atoms with van der Waals surface area (Å²) >= 11 is 5.93. The highest BCUT2D eigenvalue weighted by Crippen LogP contribution is 2.28. The molecule has 2 amide bonds. The molecule has 1 aliphatic rings. The number of amides is 2. The van der Waals surface area contributed by atoms with E-state index < -0.39 is 11.7 Å². The Hall–Kier alpha value is -2.60. The van der Waals surface area contributed by atoms with Crippen molar-refractivity contribution in [1.82, 2.24) is 5.32 Å². The molecule has 7 heteroatoms. The lowest BCUT2D eigenvalue weighted by Crippen LogP contribution is -2.47. The van der Waals surface area contributed by atoms with Crippen LogP contribution in [0.5, 0.6) is 0 Å². The summed E-state index contributed by atoms with van der Waals surface area (Å²) in [7, 11) is 0. The zero-order chi connectivity index (χ0) is 17.1. The first-order valence-corrected chi connectivity index (χ1v) is 7.80. The summed E-state index contributed by atoms with van der Waals surface area (Å²) in [6.45, 7) is 1.35. The third-order valence-electron chi connectivity index (χ3n) is 3.72. The summed E-state index contributed by atoms with van der Waals surface area (Å²) in [4.78, 5) is 25.9. The molecule has 5 nitrogen and oxygen atoms in total. The van der Waals surface area contributed by atoms with Crippen LogP contribution in [-0.4, -0.2) is 31.4 Å². The number of rotatable bonds is 3. The minimum Gasteiger partial charge on any atom is -0.359 e. The van der Waals surface area contributed by atoms with Crippen molar-refractivity contribution in [1.29, 1.82) is 0 Å². The van der Waals surface area contributed by atoms with E-state index in [1.54, 1.807) is 18.2 Å². The van der Waals surface area contributed by atoms with Gasteiger partial charge in [0.05, 0.1) is 28.5 Å². The molecule has 0 aliphatic carbocycles. The maximum Gasteiger partial charge on any atom is 0.260 e. The van der Waals surface area contributed by atoms with Gasteiger partial charge in [-0.25, -0.2) is 4.39 Å². The number of para-hydroxylation sites is 2. The van der Waals surface area contributed by atoms with Crippen LogP contribution in [0.4, 0.5) is 15.8 Å². The quantitative estimate of drug-likeness (QED) is 0.897. The fourth-order valence-electron chi connectivity index (χ4n) is 2.60. The Morgan fingerprint density at radius 3 is 2.75 bits per heavy atom. The molecule has 0 aromatic heterocycles. The Balaban J connectivity index is 1.88. The summed E-state index contributed by atoms with van der Waals surface area (Å²) in [5.74, 6) is -1.40. The molecule has 124 valence electrons. The molecule has 0 bridgehead atoms. The predicted octanol–water partition coefficient (Wildman–Crippen LogP) is 2.67. The lowest BCUT2D eigenvalue weighted by atomic mass is 10.1. The van der Waals surface area contributed by atoms with Crippen LogP contribution in [-0.2, 0) is 4.79 Å². The van der Waals surface area contributed by atoms with E-state index in [0.29, 0.717) is 24.5 Å². The first-order chi connectivity index (χ1) is 11.6. The molecule has 2 aromatic rings. The second-order valence-electron chi connectivity index (χ2n) is 5.34. The fourth-order valence-corrected chi connectivity index (χ4v) is 2.85. The summed E-state index contributed by atoms with van der Waals surface area (Å²) in [5, 5.41) is 5.48. The lowest BCUT2D eigenvalue weighted by molar-refractivity contribution is -0.120. The molecule has 1 aliphatic heterocycles. The molecule has 1 fully saturated rings. The highest BCUT2D eigenvalue weighted by molar-refractivity contribution is 6.34. The number of hydrogen-bond donors (Lipinski definition) is 2. The molecule has 3 rings (SSSR count). The Morgan fingerprint density at radius 2 is 2.00 bits per heavy atom. The summed E-state index contributed by atoms with van der Waals surface area (Å²) in [5.41, 5.74) is 0.995. The Morgan fingerprint density at radius 1 is 1.21 bits per heavy atom. The number of nitrogens with zero attached hydrogens (tertiary/aromatic N) is 1. The van der Waals surface area contributed by atoms with Crippen LogP contribution < -0.4 is 15.5 Å². The van der Waals surface area contributed by atoms with E-state index in [4.69, 9.17) is 11.6 Å². The molecule has 0 radical (unpaired) electrons. The monoisotopic (exact) mass is 347 g/mol. The Kier molecular flexibility index (Phi) is 4.66. The van der Waals surface area contributed by atoms with Crippen LogP contribution >= 0.6 is 11.6 Å². The Bertz CT molecular complexity index is 777. The van der Waals surface area contributed by atoms with Crippen molar-refractivity contribution < 1.29 is 14.0 Å².